The molecular weight excluding hydrogens is 292 g/mol. The predicted molar refractivity (Wildman–Crippen MR) is 80.5 cm³/mol. The molecule has 1 aliphatic heterocycles. The van der Waals surface area contributed by atoms with Gasteiger partial charge in [0.1, 0.15) is 6.54 Å². The van der Waals surface area contributed by atoms with Gasteiger partial charge in [-0.05, 0) is 17.7 Å². The van der Waals surface area contributed by atoms with Gasteiger partial charge in [0.05, 0.1) is 11.6 Å². The zero-order chi connectivity index (χ0) is 15.2. The lowest BCUT2D eigenvalue weighted by atomic mass is 10.2. The molecule has 0 bridgehead atoms. The minimum Gasteiger partial charge on any atom is -0.351 e. The van der Waals surface area contributed by atoms with Gasteiger partial charge in [-0.25, -0.2) is 4.79 Å². The molecule has 0 radical (unpaired) electrons. The van der Waals surface area contributed by atoms with E-state index in [0.717, 1.165) is 5.56 Å². The van der Waals surface area contributed by atoms with Crippen LogP contribution in [0, 0.1) is 0 Å². The first-order valence-corrected chi connectivity index (χ1v) is 7.47. The summed E-state index contributed by atoms with van der Waals surface area (Å²) in [6.07, 6.45) is 0. The van der Waals surface area contributed by atoms with Crippen LogP contribution in [0.15, 0.2) is 24.3 Å². The Bertz CT molecular complexity index is 547. The van der Waals surface area contributed by atoms with Crippen LogP contribution in [0.1, 0.15) is 5.56 Å². The largest absolute Gasteiger partial charge is 0.351 e. The number of rotatable bonds is 5. The van der Waals surface area contributed by atoms with Crippen molar-refractivity contribution in [3.8, 4) is 0 Å². The Morgan fingerprint density at radius 2 is 2.00 bits per heavy atom. The van der Waals surface area contributed by atoms with Crippen molar-refractivity contribution in [1.29, 1.82) is 0 Å². The molecule has 21 heavy (non-hydrogen) atoms. The molecule has 1 heterocycles. The summed E-state index contributed by atoms with van der Waals surface area (Å²) in [5, 5.41) is 5.21. The summed E-state index contributed by atoms with van der Waals surface area (Å²) in [6, 6.07) is 6.34. The summed E-state index contributed by atoms with van der Waals surface area (Å²) in [6.45, 7) is 0.456. The van der Waals surface area contributed by atoms with E-state index in [1.807, 2.05) is 0 Å². The number of hydrogen-bond acceptors (Lipinski definition) is 4. The van der Waals surface area contributed by atoms with Crippen LogP contribution in [0.3, 0.4) is 0 Å². The Labute approximate surface area is 126 Å². The van der Waals surface area contributed by atoms with Crippen molar-refractivity contribution in [1.82, 2.24) is 10.2 Å². The van der Waals surface area contributed by atoms with Gasteiger partial charge in [-0.1, -0.05) is 12.1 Å². The van der Waals surface area contributed by atoms with Gasteiger partial charge in [-0.15, -0.1) is 11.8 Å². The molecule has 0 aromatic heterocycles. The smallest absolute Gasteiger partial charge is 0.316 e. The molecule has 2 rings (SSSR count). The van der Waals surface area contributed by atoms with E-state index in [1.165, 1.54) is 16.7 Å². The van der Waals surface area contributed by atoms with Crippen LogP contribution in [-0.4, -0.2) is 40.9 Å². The number of nitrogens with two attached hydrogens (primary N) is 1. The zero-order valence-electron chi connectivity index (χ0n) is 11.3. The van der Waals surface area contributed by atoms with Gasteiger partial charge < -0.3 is 21.3 Å². The Morgan fingerprint density at radius 1 is 1.29 bits per heavy atom. The second-order valence-electron chi connectivity index (χ2n) is 4.53. The molecule has 7 nitrogen and oxygen atoms in total. The molecule has 0 saturated carbocycles. The van der Waals surface area contributed by atoms with Crippen molar-refractivity contribution in [3.05, 3.63) is 29.8 Å². The number of hydrogen-bond donors (Lipinski definition) is 3. The number of benzene rings is 1. The maximum atomic E-state index is 11.7. The van der Waals surface area contributed by atoms with Gasteiger partial charge >= 0.3 is 6.03 Å². The number of thioether (sulfide) groups is 1. The van der Waals surface area contributed by atoms with E-state index in [0.29, 0.717) is 23.9 Å². The van der Waals surface area contributed by atoms with Gasteiger partial charge in [0.2, 0.25) is 11.8 Å². The van der Waals surface area contributed by atoms with Crippen molar-refractivity contribution in [2.24, 2.45) is 5.73 Å². The average Bonchev–Trinajstić information content (AvgIpc) is 2.83. The van der Waals surface area contributed by atoms with E-state index in [1.54, 1.807) is 24.3 Å². The third-order valence-electron chi connectivity index (χ3n) is 2.87. The second-order valence-corrected chi connectivity index (χ2v) is 5.49. The van der Waals surface area contributed by atoms with Crippen LogP contribution in [0.5, 0.6) is 0 Å². The van der Waals surface area contributed by atoms with E-state index in [9.17, 15) is 14.4 Å². The number of carbonyl (C=O) groups excluding carboxylic acids is 3. The fourth-order valence-corrected chi connectivity index (χ4v) is 2.72. The summed E-state index contributed by atoms with van der Waals surface area (Å²) < 4.78 is 0. The van der Waals surface area contributed by atoms with Crippen molar-refractivity contribution in [3.63, 3.8) is 0 Å². The first-order chi connectivity index (χ1) is 10.0. The minimum atomic E-state index is -0.621. The van der Waals surface area contributed by atoms with Crippen molar-refractivity contribution < 1.29 is 14.4 Å². The topological polar surface area (TPSA) is 105 Å². The van der Waals surface area contributed by atoms with Crippen LogP contribution in [0.2, 0.25) is 0 Å². The maximum absolute atomic E-state index is 11.7. The van der Waals surface area contributed by atoms with E-state index in [4.69, 9.17) is 5.73 Å². The highest BCUT2D eigenvalue weighted by Crippen LogP contribution is 2.14. The van der Waals surface area contributed by atoms with Gasteiger partial charge in [0.15, 0.2) is 0 Å². The van der Waals surface area contributed by atoms with Gasteiger partial charge in [-0.3, -0.25) is 9.59 Å². The standard InChI is InChI=1S/C13H16N4O3S/c14-13(20)16-10-3-1-9(2-4-10)5-15-11(18)6-17-8-21-7-12(17)19/h1-4H,5-8H2,(H,15,18)(H3,14,16,20). The normalized spacial score (nSPS) is 14.1. The van der Waals surface area contributed by atoms with E-state index < -0.39 is 6.03 Å². The molecule has 0 unspecified atom stereocenters. The Balaban J connectivity index is 1.78. The number of nitrogens with zero attached hydrogens (tertiary/aromatic N) is 1. The third-order valence-corrected chi connectivity index (χ3v) is 3.82. The Kier molecular flexibility index (Phi) is 5.04. The molecule has 112 valence electrons. The van der Waals surface area contributed by atoms with E-state index in [2.05, 4.69) is 10.6 Å². The average molecular weight is 308 g/mol. The third kappa shape index (κ3) is 4.67. The molecule has 1 aromatic carbocycles. The minimum absolute atomic E-state index is 0.00275. The first-order valence-electron chi connectivity index (χ1n) is 6.32. The molecule has 4 amide bonds. The summed E-state index contributed by atoms with van der Waals surface area (Å²) in [5.41, 5.74) is 6.49. The SMILES string of the molecule is NC(=O)Nc1ccc(CNC(=O)CN2CSCC2=O)cc1. The number of nitrogens with one attached hydrogen (secondary N) is 2. The molecule has 0 spiro atoms. The molecular formula is C13H16N4O3S. The number of anilines is 1. The highest BCUT2D eigenvalue weighted by Gasteiger charge is 2.22. The highest BCUT2D eigenvalue weighted by molar-refractivity contribution is 8.00. The van der Waals surface area contributed by atoms with E-state index >= 15 is 0 Å². The predicted octanol–water partition coefficient (Wildman–Crippen LogP) is 0.326. The lowest BCUT2D eigenvalue weighted by Gasteiger charge is -2.14. The number of urea groups is 1. The molecule has 1 fully saturated rings. The molecule has 8 heteroatoms. The highest BCUT2D eigenvalue weighted by atomic mass is 32.2. The fourth-order valence-electron chi connectivity index (χ4n) is 1.82. The molecule has 1 saturated heterocycles. The van der Waals surface area contributed by atoms with Crippen molar-refractivity contribution in [2.75, 3.05) is 23.5 Å². The summed E-state index contributed by atoms with van der Waals surface area (Å²) >= 11 is 1.50. The molecule has 0 atom stereocenters. The first kappa shape index (κ1) is 15.2. The monoisotopic (exact) mass is 308 g/mol. The Hall–Kier alpha value is -2.22. The van der Waals surface area contributed by atoms with Crippen LogP contribution >= 0.6 is 11.8 Å². The van der Waals surface area contributed by atoms with Crippen LogP contribution in [0.4, 0.5) is 10.5 Å². The molecule has 4 N–H and O–H groups in total. The summed E-state index contributed by atoms with van der Waals surface area (Å²) in [4.78, 5) is 35.3. The van der Waals surface area contributed by atoms with Crippen LogP contribution in [0.25, 0.3) is 0 Å². The van der Waals surface area contributed by atoms with E-state index in [-0.39, 0.29) is 18.4 Å². The van der Waals surface area contributed by atoms with Crippen molar-refractivity contribution >= 4 is 35.3 Å². The Morgan fingerprint density at radius 3 is 2.57 bits per heavy atom. The van der Waals surface area contributed by atoms with Crippen molar-refractivity contribution in [2.45, 2.75) is 6.54 Å². The lowest BCUT2D eigenvalue weighted by molar-refractivity contribution is -0.132. The second kappa shape index (κ2) is 6.98. The number of amides is 4. The van der Waals surface area contributed by atoms with Gasteiger partial charge in [0, 0.05) is 12.2 Å². The number of carbonyl (C=O) groups is 3. The quantitative estimate of drug-likeness (QED) is 0.729. The maximum Gasteiger partial charge on any atom is 0.316 e. The molecule has 1 aromatic rings. The summed E-state index contributed by atoms with van der Waals surface area (Å²) in [7, 11) is 0. The van der Waals surface area contributed by atoms with Gasteiger partial charge in [-0.2, -0.15) is 0 Å². The van der Waals surface area contributed by atoms with Crippen LogP contribution in [-0.2, 0) is 16.1 Å². The summed E-state index contributed by atoms with van der Waals surface area (Å²) in [5.74, 6) is 0.823. The molecule has 1 aliphatic rings. The van der Waals surface area contributed by atoms with Gasteiger partial charge in [0.25, 0.3) is 0 Å². The fraction of sp³-hybridized carbons (Fsp3) is 0.308. The molecule has 0 aliphatic carbocycles. The number of primary amides is 1. The lowest BCUT2D eigenvalue weighted by Crippen LogP contribution is -2.37. The zero-order valence-corrected chi connectivity index (χ0v) is 12.1. The van der Waals surface area contributed by atoms with Crippen LogP contribution < -0.4 is 16.4 Å².